The van der Waals surface area contributed by atoms with Gasteiger partial charge in [-0.1, -0.05) is 30.5 Å². The summed E-state index contributed by atoms with van der Waals surface area (Å²) in [5, 5.41) is 4.49. The van der Waals surface area contributed by atoms with Crippen LogP contribution in [0.1, 0.15) is 36.8 Å². The lowest BCUT2D eigenvalue weighted by Gasteiger charge is -2.17. The van der Waals surface area contributed by atoms with Gasteiger partial charge in [0.2, 0.25) is 0 Å². The van der Waals surface area contributed by atoms with Crippen LogP contribution in [0.5, 0.6) is 0 Å². The second-order valence-corrected chi connectivity index (χ2v) is 5.21. The van der Waals surface area contributed by atoms with Crippen molar-refractivity contribution in [1.82, 2.24) is 5.32 Å². The van der Waals surface area contributed by atoms with Crippen LogP contribution in [-0.4, -0.2) is 12.6 Å². The Morgan fingerprint density at radius 1 is 1.31 bits per heavy atom. The summed E-state index contributed by atoms with van der Waals surface area (Å²) in [6, 6.07) is 6.85. The Kier molecular flexibility index (Phi) is 4.25. The topological polar surface area (TPSA) is 12.0 Å². The number of hydrogen-bond donors (Lipinski definition) is 1. The molecule has 16 heavy (non-hydrogen) atoms. The molecule has 1 fully saturated rings. The predicted octanol–water partition coefficient (Wildman–Crippen LogP) is 3.72. The monoisotopic (exact) mass is 237 g/mol. The highest BCUT2D eigenvalue weighted by molar-refractivity contribution is 6.30. The zero-order valence-electron chi connectivity index (χ0n) is 9.93. The molecule has 1 nitrogen and oxygen atoms in total. The highest BCUT2D eigenvalue weighted by atomic mass is 35.5. The third-order valence-electron chi connectivity index (χ3n) is 3.44. The van der Waals surface area contributed by atoms with Gasteiger partial charge in [-0.2, -0.15) is 0 Å². The first-order valence-corrected chi connectivity index (χ1v) is 6.62. The molecule has 1 aliphatic heterocycles. The fourth-order valence-electron chi connectivity index (χ4n) is 2.40. The summed E-state index contributed by atoms with van der Waals surface area (Å²) in [6.45, 7) is 3.34. The number of benzene rings is 1. The average Bonchev–Trinajstić information content (AvgIpc) is 2.52. The van der Waals surface area contributed by atoms with Gasteiger partial charge < -0.3 is 5.32 Å². The number of rotatable bonds is 2. The molecule has 2 heteroatoms. The van der Waals surface area contributed by atoms with E-state index in [1.54, 1.807) is 0 Å². The highest BCUT2D eigenvalue weighted by Gasteiger charge is 2.13. The van der Waals surface area contributed by atoms with Crippen molar-refractivity contribution in [3.05, 3.63) is 34.3 Å². The molecule has 0 spiro atoms. The molecule has 0 aromatic heterocycles. The summed E-state index contributed by atoms with van der Waals surface area (Å²) < 4.78 is 0. The summed E-state index contributed by atoms with van der Waals surface area (Å²) in [5.41, 5.74) is 2.75. The van der Waals surface area contributed by atoms with Crippen molar-refractivity contribution in [2.75, 3.05) is 6.54 Å². The van der Waals surface area contributed by atoms with Gasteiger partial charge in [0.15, 0.2) is 0 Å². The van der Waals surface area contributed by atoms with Crippen LogP contribution in [0.2, 0.25) is 5.02 Å². The zero-order valence-corrected chi connectivity index (χ0v) is 10.7. The van der Waals surface area contributed by atoms with E-state index >= 15 is 0 Å². The van der Waals surface area contributed by atoms with Crippen LogP contribution in [0.3, 0.4) is 0 Å². The van der Waals surface area contributed by atoms with Gasteiger partial charge in [-0.05, 0) is 56.0 Å². The number of hydrogen-bond acceptors (Lipinski definition) is 1. The molecule has 1 heterocycles. The lowest BCUT2D eigenvalue weighted by molar-refractivity contribution is 0.507. The molecule has 88 valence electrons. The largest absolute Gasteiger partial charge is 0.314 e. The molecular weight excluding hydrogens is 218 g/mol. The minimum atomic E-state index is 0.639. The number of nitrogens with one attached hydrogen (secondary N) is 1. The molecule has 0 radical (unpaired) electrons. The summed E-state index contributed by atoms with van der Waals surface area (Å²) in [6.07, 6.45) is 6.47. The normalized spacial score (nSPS) is 21.8. The van der Waals surface area contributed by atoms with Crippen LogP contribution >= 0.6 is 11.6 Å². The van der Waals surface area contributed by atoms with E-state index in [9.17, 15) is 0 Å². The molecule has 0 amide bonds. The zero-order chi connectivity index (χ0) is 11.4. The first kappa shape index (κ1) is 11.9. The molecule has 0 saturated carbocycles. The third kappa shape index (κ3) is 3.23. The maximum atomic E-state index is 6.05. The van der Waals surface area contributed by atoms with Gasteiger partial charge in [0.05, 0.1) is 0 Å². The predicted molar refractivity (Wildman–Crippen MR) is 70.2 cm³/mol. The standard InChI is InChI=1S/C14H20ClN/c1-11-6-7-13(15)9-12(11)10-14-5-3-2-4-8-16-14/h6-7,9,14,16H,2-5,8,10H2,1H3. The smallest absolute Gasteiger partial charge is 0.0408 e. The van der Waals surface area contributed by atoms with Crippen LogP contribution in [0, 0.1) is 6.92 Å². The third-order valence-corrected chi connectivity index (χ3v) is 3.67. The van der Waals surface area contributed by atoms with Gasteiger partial charge in [0.25, 0.3) is 0 Å². The molecule has 1 aliphatic rings. The van der Waals surface area contributed by atoms with Gasteiger partial charge in [0.1, 0.15) is 0 Å². The van der Waals surface area contributed by atoms with Crippen LogP contribution in [0.15, 0.2) is 18.2 Å². The molecule has 1 aromatic rings. The van der Waals surface area contributed by atoms with Crippen molar-refractivity contribution in [2.24, 2.45) is 0 Å². The average molecular weight is 238 g/mol. The Hall–Kier alpha value is -0.530. The van der Waals surface area contributed by atoms with E-state index < -0.39 is 0 Å². The van der Waals surface area contributed by atoms with Crippen LogP contribution in [0.25, 0.3) is 0 Å². The first-order chi connectivity index (χ1) is 7.75. The van der Waals surface area contributed by atoms with Crippen molar-refractivity contribution < 1.29 is 0 Å². The van der Waals surface area contributed by atoms with E-state index in [0.717, 1.165) is 11.4 Å². The fourth-order valence-corrected chi connectivity index (χ4v) is 2.60. The summed E-state index contributed by atoms with van der Waals surface area (Å²) in [4.78, 5) is 0. The Labute approximate surface area is 103 Å². The lowest BCUT2D eigenvalue weighted by atomic mass is 9.98. The van der Waals surface area contributed by atoms with E-state index in [1.165, 1.54) is 43.4 Å². The maximum Gasteiger partial charge on any atom is 0.0408 e. The van der Waals surface area contributed by atoms with E-state index in [-0.39, 0.29) is 0 Å². The molecule has 2 rings (SSSR count). The SMILES string of the molecule is Cc1ccc(Cl)cc1CC1CCCCCN1. The number of halogens is 1. The Balaban J connectivity index is 2.04. The molecule has 1 saturated heterocycles. The first-order valence-electron chi connectivity index (χ1n) is 6.24. The minimum absolute atomic E-state index is 0.639. The summed E-state index contributed by atoms with van der Waals surface area (Å²) in [7, 11) is 0. The molecule has 1 atom stereocenters. The Morgan fingerprint density at radius 3 is 3.06 bits per heavy atom. The molecule has 1 aromatic carbocycles. The molecule has 1 N–H and O–H groups in total. The summed E-state index contributed by atoms with van der Waals surface area (Å²) in [5.74, 6) is 0. The quantitative estimate of drug-likeness (QED) is 0.827. The maximum absolute atomic E-state index is 6.05. The second-order valence-electron chi connectivity index (χ2n) is 4.78. The van der Waals surface area contributed by atoms with Gasteiger partial charge in [-0.25, -0.2) is 0 Å². The van der Waals surface area contributed by atoms with Crippen LogP contribution < -0.4 is 5.32 Å². The van der Waals surface area contributed by atoms with Gasteiger partial charge in [-0.15, -0.1) is 0 Å². The van der Waals surface area contributed by atoms with E-state index in [0.29, 0.717) is 6.04 Å². The molecule has 0 aliphatic carbocycles. The lowest BCUT2D eigenvalue weighted by Crippen LogP contribution is -2.30. The second kappa shape index (κ2) is 5.70. The van der Waals surface area contributed by atoms with E-state index in [1.807, 2.05) is 6.07 Å². The van der Waals surface area contributed by atoms with E-state index in [4.69, 9.17) is 11.6 Å². The minimum Gasteiger partial charge on any atom is -0.314 e. The van der Waals surface area contributed by atoms with Crippen LogP contribution in [-0.2, 0) is 6.42 Å². The fraction of sp³-hybridized carbons (Fsp3) is 0.571. The van der Waals surface area contributed by atoms with Crippen molar-refractivity contribution in [1.29, 1.82) is 0 Å². The Morgan fingerprint density at radius 2 is 2.19 bits per heavy atom. The number of aryl methyl sites for hydroxylation is 1. The van der Waals surface area contributed by atoms with Crippen molar-refractivity contribution in [3.8, 4) is 0 Å². The van der Waals surface area contributed by atoms with Gasteiger partial charge in [0, 0.05) is 11.1 Å². The van der Waals surface area contributed by atoms with Crippen molar-refractivity contribution >= 4 is 11.6 Å². The summed E-state index contributed by atoms with van der Waals surface area (Å²) >= 11 is 6.05. The molecule has 0 bridgehead atoms. The molecule has 1 unspecified atom stereocenters. The molecular formula is C14H20ClN. The highest BCUT2D eigenvalue weighted by Crippen LogP contribution is 2.19. The van der Waals surface area contributed by atoms with Gasteiger partial charge >= 0.3 is 0 Å². The Bertz CT molecular complexity index is 341. The van der Waals surface area contributed by atoms with E-state index in [2.05, 4.69) is 24.4 Å². The van der Waals surface area contributed by atoms with Gasteiger partial charge in [-0.3, -0.25) is 0 Å². The van der Waals surface area contributed by atoms with Crippen molar-refractivity contribution in [2.45, 2.75) is 45.1 Å². The van der Waals surface area contributed by atoms with Crippen LogP contribution in [0.4, 0.5) is 0 Å². The van der Waals surface area contributed by atoms with Crippen molar-refractivity contribution in [3.63, 3.8) is 0 Å².